The molecule has 1 amide bonds. The Hall–Kier alpha value is -3.68. The molecular weight excluding hydrogens is 416 g/mol. The SMILES string of the molecule is CCCCc1nc2c(N)nc3cccnc3c2n1CCCCNC(=O)OCc1ccccc1. The lowest BCUT2D eigenvalue weighted by molar-refractivity contribution is 0.139. The molecule has 8 nitrogen and oxygen atoms in total. The van der Waals surface area contributed by atoms with Crippen molar-refractivity contribution < 1.29 is 9.53 Å². The van der Waals surface area contributed by atoms with Gasteiger partial charge in [-0.1, -0.05) is 43.7 Å². The number of ether oxygens (including phenoxy) is 1. The van der Waals surface area contributed by atoms with E-state index in [1.165, 1.54) is 0 Å². The number of aryl methyl sites for hydroxylation is 2. The first-order chi connectivity index (χ1) is 16.2. The lowest BCUT2D eigenvalue weighted by Crippen LogP contribution is -2.25. The molecule has 0 aliphatic heterocycles. The summed E-state index contributed by atoms with van der Waals surface area (Å²) in [5, 5.41) is 2.83. The number of nitrogens with one attached hydrogen (secondary N) is 1. The van der Waals surface area contributed by atoms with E-state index in [0.29, 0.717) is 12.4 Å². The highest BCUT2D eigenvalue weighted by Gasteiger charge is 2.17. The number of unbranched alkanes of at least 4 members (excludes halogenated alkanes) is 2. The Morgan fingerprint density at radius 2 is 1.91 bits per heavy atom. The maximum Gasteiger partial charge on any atom is 0.407 e. The average Bonchev–Trinajstić information content (AvgIpc) is 3.21. The number of nitrogen functional groups attached to an aromatic ring is 1. The number of carbonyl (C=O) groups is 1. The van der Waals surface area contributed by atoms with Crippen LogP contribution in [0.25, 0.3) is 22.1 Å². The number of rotatable bonds is 10. The standard InChI is InChI=1S/C25H30N6O2/c1-2-3-13-20-30-22-23(21-19(29-24(22)26)12-9-15-27-21)31(20)16-8-7-14-28-25(32)33-17-18-10-5-4-6-11-18/h4-6,9-12,15H,2-3,7-8,13-14,16-17H2,1H3,(H2,26,29)(H,28,32). The third-order valence-electron chi connectivity index (χ3n) is 5.59. The zero-order valence-electron chi connectivity index (χ0n) is 19.0. The predicted octanol–water partition coefficient (Wildman–Crippen LogP) is 4.61. The number of nitrogens with two attached hydrogens (primary N) is 1. The number of hydrogen-bond acceptors (Lipinski definition) is 6. The van der Waals surface area contributed by atoms with Gasteiger partial charge in [0.1, 0.15) is 29.0 Å². The number of fused-ring (bicyclic) bond motifs is 3. The second kappa shape index (κ2) is 10.8. The summed E-state index contributed by atoms with van der Waals surface area (Å²) in [4.78, 5) is 25.8. The Labute approximate surface area is 193 Å². The summed E-state index contributed by atoms with van der Waals surface area (Å²) in [6, 6.07) is 13.4. The molecule has 33 heavy (non-hydrogen) atoms. The highest BCUT2D eigenvalue weighted by Crippen LogP contribution is 2.28. The van der Waals surface area contributed by atoms with Crippen LogP contribution >= 0.6 is 0 Å². The molecule has 3 N–H and O–H groups in total. The van der Waals surface area contributed by atoms with Crippen LogP contribution in [0.15, 0.2) is 48.7 Å². The molecular formula is C25H30N6O2. The van der Waals surface area contributed by atoms with Crippen LogP contribution in [0.1, 0.15) is 44.0 Å². The number of pyridine rings is 2. The predicted molar refractivity (Wildman–Crippen MR) is 130 cm³/mol. The Bertz CT molecular complexity index is 1220. The van der Waals surface area contributed by atoms with Gasteiger partial charge in [-0.15, -0.1) is 0 Å². The molecule has 0 fully saturated rings. The van der Waals surface area contributed by atoms with Gasteiger partial charge in [0.05, 0.1) is 5.52 Å². The van der Waals surface area contributed by atoms with E-state index >= 15 is 0 Å². The largest absolute Gasteiger partial charge is 0.445 e. The van der Waals surface area contributed by atoms with E-state index in [-0.39, 0.29) is 6.61 Å². The van der Waals surface area contributed by atoms with Crippen LogP contribution in [0.5, 0.6) is 0 Å². The van der Waals surface area contributed by atoms with Crippen molar-refractivity contribution in [3.8, 4) is 0 Å². The van der Waals surface area contributed by atoms with Gasteiger partial charge in [0.15, 0.2) is 5.82 Å². The summed E-state index contributed by atoms with van der Waals surface area (Å²) in [6.07, 6.45) is 6.09. The maximum atomic E-state index is 12.0. The highest BCUT2D eigenvalue weighted by atomic mass is 16.5. The van der Waals surface area contributed by atoms with Crippen LogP contribution in [0.4, 0.5) is 10.6 Å². The molecule has 0 saturated carbocycles. The molecule has 3 heterocycles. The minimum Gasteiger partial charge on any atom is -0.445 e. The minimum absolute atomic E-state index is 0.268. The second-order valence-corrected chi connectivity index (χ2v) is 8.04. The minimum atomic E-state index is -0.399. The number of anilines is 1. The summed E-state index contributed by atoms with van der Waals surface area (Å²) in [7, 11) is 0. The molecule has 0 spiro atoms. The number of carbonyl (C=O) groups excluding carboxylic acids is 1. The molecule has 4 aromatic rings. The van der Waals surface area contributed by atoms with E-state index in [2.05, 4.69) is 26.8 Å². The zero-order valence-corrected chi connectivity index (χ0v) is 19.0. The number of amides is 1. The average molecular weight is 447 g/mol. The van der Waals surface area contributed by atoms with Gasteiger partial charge >= 0.3 is 6.09 Å². The lowest BCUT2D eigenvalue weighted by Gasteiger charge is -2.11. The van der Waals surface area contributed by atoms with Crippen LogP contribution in [-0.4, -0.2) is 32.2 Å². The number of hydrogen-bond donors (Lipinski definition) is 2. The quantitative estimate of drug-likeness (QED) is 0.344. The summed E-state index contributed by atoms with van der Waals surface area (Å²) >= 11 is 0. The van der Waals surface area contributed by atoms with Gasteiger partial charge < -0.3 is 20.4 Å². The molecule has 0 unspecified atom stereocenters. The van der Waals surface area contributed by atoms with Crippen molar-refractivity contribution in [2.75, 3.05) is 12.3 Å². The first kappa shape index (κ1) is 22.5. The molecule has 1 aromatic carbocycles. The maximum absolute atomic E-state index is 12.0. The number of nitrogens with zero attached hydrogens (tertiary/aromatic N) is 4. The van der Waals surface area contributed by atoms with Crippen molar-refractivity contribution in [3.63, 3.8) is 0 Å². The van der Waals surface area contributed by atoms with Crippen molar-refractivity contribution in [3.05, 3.63) is 60.0 Å². The number of imidazole rings is 1. The second-order valence-electron chi connectivity index (χ2n) is 8.04. The fraction of sp³-hybridized carbons (Fsp3) is 0.360. The van der Waals surface area contributed by atoms with Crippen molar-refractivity contribution in [2.45, 2.75) is 52.2 Å². The summed E-state index contributed by atoms with van der Waals surface area (Å²) in [5.74, 6) is 1.44. The van der Waals surface area contributed by atoms with E-state index < -0.39 is 6.09 Å². The van der Waals surface area contributed by atoms with E-state index in [4.69, 9.17) is 15.5 Å². The lowest BCUT2D eigenvalue weighted by atomic mass is 10.2. The molecule has 0 saturated heterocycles. The van der Waals surface area contributed by atoms with Gasteiger partial charge in [-0.2, -0.15) is 0 Å². The van der Waals surface area contributed by atoms with Gasteiger partial charge in [0.2, 0.25) is 0 Å². The van der Waals surface area contributed by atoms with Gasteiger partial charge in [0, 0.05) is 25.7 Å². The molecule has 0 aliphatic rings. The molecule has 0 radical (unpaired) electrons. The van der Waals surface area contributed by atoms with Crippen LogP contribution in [0.2, 0.25) is 0 Å². The molecule has 0 atom stereocenters. The van der Waals surface area contributed by atoms with Crippen LogP contribution in [-0.2, 0) is 24.3 Å². The summed E-state index contributed by atoms with van der Waals surface area (Å²) in [6.45, 7) is 3.76. The first-order valence-corrected chi connectivity index (χ1v) is 11.5. The van der Waals surface area contributed by atoms with Crippen LogP contribution in [0.3, 0.4) is 0 Å². The third kappa shape index (κ3) is 5.39. The Morgan fingerprint density at radius 1 is 1.06 bits per heavy atom. The molecule has 4 rings (SSSR count). The van der Waals surface area contributed by atoms with Crippen molar-refractivity contribution in [2.24, 2.45) is 0 Å². The molecule has 8 heteroatoms. The molecule has 3 aromatic heterocycles. The normalized spacial score (nSPS) is 11.2. The number of benzene rings is 1. The van der Waals surface area contributed by atoms with Gasteiger partial charge in [0.25, 0.3) is 0 Å². The fourth-order valence-corrected chi connectivity index (χ4v) is 3.90. The van der Waals surface area contributed by atoms with E-state index in [1.807, 2.05) is 42.5 Å². The van der Waals surface area contributed by atoms with Gasteiger partial charge in [-0.3, -0.25) is 4.98 Å². The summed E-state index contributed by atoms with van der Waals surface area (Å²) in [5.41, 5.74) is 10.5. The Kier molecular flexibility index (Phi) is 7.34. The van der Waals surface area contributed by atoms with Crippen molar-refractivity contribution in [1.29, 1.82) is 0 Å². The zero-order chi connectivity index (χ0) is 23.0. The molecule has 0 aliphatic carbocycles. The van der Waals surface area contributed by atoms with Crippen molar-refractivity contribution >= 4 is 34.0 Å². The van der Waals surface area contributed by atoms with Gasteiger partial charge in [-0.05, 0) is 37.0 Å². The number of alkyl carbamates (subject to hydrolysis) is 1. The first-order valence-electron chi connectivity index (χ1n) is 11.5. The van der Waals surface area contributed by atoms with E-state index in [0.717, 1.165) is 72.1 Å². The Balaban J connectivity index is 1.39. The van der Waals surface area contributed by atoms with Crippen LogP contribution < -0.4 is 11.1 Å². The fourth-order valence-electron chi connectivity index (χ4n) is 3.90. The van der Waals surface area contributed by atoms with E-state index in [1.54, 1.807) is 6.20 Å². The van der Waals surface area contributed by atoms with Crippen LogP contribution in [0, 0.1) is 0 Å². The van der Waals surface area contributed by atoms with Gasteiger partial charge in [-0.25, -0.2) is 14.8 Å². The molecule has 0 bridgehead atoms. The third-order valence-corrected chi connectivity index (χ3v) is 5.59. The molecule has 172 valence electrons. The smallest absolute Gasteiger partial charge is 0.407 e. The topological polar surface area (TPSA) is 108 Å². The van der Waals surface area contributed by atoms with E-state index in [9.17, 15) is 4.79 Å². The monoisotopic (exact) mass is 446 g/mol. The summed E-state index contributed by atoms with van der Waals surface area (Å²) < 4.78 is 7.50. The highest BCUT2D eigenvalue weighted by molar-refractivity contribution is 6.04. The van der Waals surface area contributed by atoms with Crippen molar-refractivity contribution in [1.82, 2.24) is 24.8 Å². The number of aromatic nitrogens is 4. The Morgan fingerprint density at radius 3 is 2.73 bits per heavy atom.